The molecule has 0 unspecified atom stereocenters. The summed E-state index contributed by atoms with van der Waals surface area (Å²) in [4.78, 5) is 4.65. The van der Waals surface area contributed by atoms with E-state index < -0.39 is 0 Å². The van der Waals surface area contributed by atoms with Crippen molar-refractivity contribution in [2.75, 3.05) is 6.54 Å². The molecule has 5 heteroatoms. The van der Waals surface area contributed by atoms with Crippen LogP contribution in [0.3, 0.4) is 0 Å². The van der Waals surface area contributed by atoms with Crippen LogP contribution in [0.1, 0.15) is 29.7 Å². The minimum absolute atomic E-state index is 0.707. The fourth-order valence-corrected chi connectivity index (χ4v) is 2.24. The van der Waals surface area contributed by atoms with Gasteiger partial charge in [-0.05, 0) is 48.5 Å². The summed E-state index contributed by atoms with van der Waals surface area (Å²) in [6.07, 6.45) is 0. The van der Waals surface area contributed by atoms with Crippen LogP contribution in [0, 0.1) is 13.8 Å². The second-order valence-electron chi connectivity index (χ2n) is 4.54. The lowest BCUT2D eigenvalue weighted by Gasteiger charge is -2.07. The molecule has 0 saturated carbocycles. The number of aromatic nitrogens is 3. The van der Waals surface area contributed by atoms with Gasteiger partial charge in [-0.3, -0.25) is 9.67 Å². The Hall–Kier alpha value is -1.20. The molecule has 0 bridgehead atoms. The van der Waals surface area contributed by atoms with Gasteiger partial charge in [-0.15, -0.1) is 0 Å². The van der Waals surface area contributed by atoms with Gasteiger partial charge in [-0.1, -0.05) is 13.0 Å². The molecule has 102 valence electrons. The molecule has 0 atom stereocenters. The van der Waals surface area contributed by atoms with Gasteiger partial charge in [0.1, 0.15) is 0 Å². The number of pyridine rings is 1. The maximum Gasteiger partial charge on any atom is 0.0835 e. The van der Waals surface area contributed by atoms with Gasteiger partial charge in [0.25, 0.3) is 0 Å². The quantitative estimate of drug-likeness (QED) is 0.920. The summed E-state index contributed by atoms with van der Waals surface area (Å²) in [6, 6.07) is 6.14. The van der Waals surface area contributed by atoms with Crippen molar-refractivity contribution in [2.45, 2.75) is 33.9 Å². The largest absolute Gasteiger partial charge is 0.311 e. The first-order valence-corrected chi connectivity index (χ1v) is 7.26. The highest BCUT2D eigenvalue weighted by Gasteiger charge is 2.09. The van der Waals surface area contributed by atoms with E-state index in [0.717, 1.165) is 40.3 Å². The molecule has 4 nitrogen and oxygen atoms in total. The normalized spacial score (nSPS) is 10.9. The van der Waals surface area contributed by atoms with Crippen LogP contribution in [-0.2, 0) is 13.1 Å². The number of nitrogens with zero attached hydrogens (tertiary/aromatic N) is 3. The zero-order chi connectivity index (χ0) is 13.8. The number of hydrogen-bond donors (Lipinski definition) is 1. The SMILES string of the molecule is CCNCc1cccc(Cn2nc(C)c(Br)c2C)n1. The predicted molar refractivity (Wildman–Crippen MR) is 80.1 cm³/mol. The molecule has 0 aliphatic rings. The first kappa shape index (κ1) is 14.2. The van der Waals surface area contributed by atoms with Gasteiger partial charge in [0.2, 0.25) is 0 Å². The topological polar surface area (TPSA) is 42.7 Å². The molecule has 0 aromatic carbocycles. The van der Waals surface area contributed by atoms with Gasteiger partial charge in [-0.25, -0.2) is 0 Å². The van der Waals surface area contributed by atoms with Crippen molar-refractivity contribution < 1.29 is 0 Å². The minimum Gasteiger partial charge on any atom is -0.311 e. The van der Waals surface area contributed by atoms with Gasteiger partial charge in [0.05, 0.1) is 33.8 Å². The number of nitrogens with one attached hydrogen (secondary N) is 1. The van der Waals surface area contributed by atoms with Crippen molar-refractivity contribution in [3.8, 4) is 0 Å². The fourth-order valence-electron chi connectivity index (χ4n) is 1.95. The molecular weight excluding hydrogens is 304 g/mol. The van der Waals surface area contributed by atoms with Crippen molar-refractivity contribution in [1.82, 2.24) is 20.1 Å². The Labute approximate surface area is 122 Å². The summed E-state index contributed by atoms with van der Waals surface area (Å²) in [7, 11) is 0. The van der Waals surface area contributed by atoms with Crippen LogP contribution in [0.25, 0.3) is 0 Å². The third kappa shape index (κ3) is 3.42. The molecule has 2 aromatic rings. The molecular formula is C14H19BrN4. The smallest absolute Gasteiger partial charge is 0.0835 e. The molecule has 0 aliphatic heterocycles. The van der Waals surface area contributed by atoms with Gasteiger partial charge >= 0.3 is 0 Å². The summed E-state index contributed by atoms with van der Waals surface area (Å²) in [5.74, 6) is 0. The highest BCUT2D eigenvalue weighted by atomic mass is 79.9. The maximum atomic E-state index is 4.65. The first-order valence-electron chi connectivity index (χ1n) is 6.46. The van der Waals surface area contributed by atoms with E-state index >= 15 is 0 Å². The summed E-state index contributed by atoms with van der Waals surface area (Å²) in [5, 5.41) is 7.80. The lowest BCUT2D eigenvalue weighted by Crippen LogP contribution is -2.14. The zero-order valence-corrected chi connectivity index (χ0v) is 13.2. The average molecular weight is 323 g/mol. The third-order valence-corrected chi connectivity index (χ3v) is 4.17. The van der Waals surface area contributed by atoms with E-state index in [0.29, 0.717) is 6.54 Å². The van der Waals surface area contributed by atoms with E-state index in [2.05, 4.69) is 51.2 Å². The highest BCUT2D eigenvalue weighted by Crippen LogP contribution is 2.20. The van der Waals surface area contributed by atoms with Crippen LogP contribution >= 0.6 is 15.9 Å². The fraction of sp³-hybridized carbons (Fsp3) is 0.429. The average Bonchev–Trinajstić information content (AvgIpc) is 2.64. The van der Waals surface area contributed by atoms with Crippen LogP contribution in [-0.4, -0.2) is 21.3 Å². The van der Waals surface area contributed by atoms with Crippen molar-refractivity contribution >= 4 is 15.9 Å². The van der Waals surface area contributed by atoms with E-state index in [1.165, 1.54) is 0 Å². The lowest BCUT2D eigenvalue weighted by atomic mass is 10.3. The van der Waals surface area contributed by atoms with Gasteiger partial charge in [0, 0.05) is 6.54 Å². The molecule has 2 aromatic heterocycles. The summed E-state index contributed by atoms with van der Waals surface area (Å²) >= 11 is 3.55. The molecule has 0 aliphatic carbocycles. The van der Waals surface area contributed by atoms with Crippen molar-refractivity contribution in [1.29, 1.82) is 0 Å². The lowest BCUT2D eigenvalue weighted by molar-refractivity contribution is 0.638. The van der Waals surface area contributed by atoms with Crippen molar-refractivity contribution in [2.24, 2.45) is 0 Å². The van der Waals surface area contributed by atoms with Crippen LogP contribution < -0.4 is 5.32 Å². The Morgan fingerprint density at radius 2 is 2.00 bits per heavy atom. The Kier molecular flexibility index (Phi) is 4.71. The molecule has 19 heavy (non-hydrogen) atoms. The maximum absolute atomic E-state index is 4.65. The third-order valence-electron chi connectivity index (χ3n) is 3.03. The second kappa shape index (κ2) is 6.30. The molecule has 1 N–H and O–H groups in total. The predicted octanol–water partition coefficient (Wildman–Crippen LogP) is 2.82. The van der Waals surface area contributed by atoms with Crippen LogP contribution in [0.5, 0.6) is 0 Å². The number of rotatable bonds is 5. The van der Waals surface area contributed by atoms with Crippen LogP contribution in [0.4, 0.5) is 0 Å². The summed E-state index contributed by atoms with van der Waals surface area (Å²) in [5.41, 5.74) is 4.26. The monoisotopic (exact) mass is 322 g/mol. The zero-order valence-electron chi connectivity index (χ0n) is 11.6. The molecule has 0 spiro atoms. The Morgan fingerprint density at radius 1 is 1.26 bits per heavy atom. The molecule has 0 saturated heterocycles. The van der Waals surface area contributed by atoms with E-state index in [1.807, 2.05) is 23.7 Å². The standard InChI is InChI=1S/C14H19BrN4/c1-4-16-8-12-6-5-7-13(17-12)9-19-11(3)14(15)10(2)18-19/h5-7,16H,4,8-9H2,1-3H3. The Morgan fingerprint density at radius 3 is 2.63 bits per heavy atom. The molecule has 0 fully saturated rings. The van der Waals surface area contributed by atoms with Gasteiger partial charge in [0.15, 0.2) is 0 Å². The number of halogens is 1. The number of aryl methyl sites for hydroxylation is 1. The molecule has 0 radical (unpaired) electrons. The highest BCUT2D eigenvalue weighted by molar-refractivity contribution is 9.10. The van der Waals surface area contributed by atoms with Crippen LogP contribution in [0.15, 0.2) is 22.7 Å². The Bertz CT molecular complexity index is 563. The van der Waals surface area contributed by atoms with Crippen LogP contribution in [0.2, 0.25) is 0 Å². The van der Waals surface area contributed by atoms with Crippen molar-refractivity contribution in [3.05, 3.63) is 45.4 Å². The van der Waals surface area contributed by atoms with Gasteiger partial charge in [-0.2, -0.15) is 5.10 Å². The second-order valence-corrected chi connectivity index (χ2v) is 5.34. The van der Waals surface area contributed by atoms with E-state index in [1.54, 1.807) is 0 Å². The minimum atomic E-state index is 0.707. The van der Waals surface area contributed by atoms with Gasteiger partial charge < -0.3 is 5.32 Å². The van der Waals surface area contributed by atoms with Crippen molar-refractivity contribution in [3.63, 3.8) is 0 Å². The molecule has 2 heterocycles. The summed E-state index contributed by atoms with van der Waals surface area (Å²) in [6.45, 7) is 8.63. The molecule has 2 rings (SSSR count). The van der Waals surface area contributed by atoms with E-state index in [-0.39, 0.29) is 0 Å². The van der Waals surface area contributed by atoms with E-state index in [9.17, 15) is 0 Å². The Balaban J connectivity index is 2.16. The first-order chi connectivity index (χ1) is 9.11. The van der Waals surface area contributed by atoms with E-state index in [4.69, 9.17) is 0 Å². The number of hydrogen-bond acceptors (Lipinski definition) is 3. The summed E-state index contributed by atoms with van der Waals surface area (Å²) < 4.78 is 3.06. The molecule has 0 amide bonds.